The number of hydrogen-bond donors (Lipinski definition) is 0. The number of ether oxygens (including phenoxy) is 3. The van der Waals surface area contributed by atoms with E-state index in [1.807, 2.05) is 0 Å². The minimum atomic E-state index is -0.878. The summed E-state index contributed by atoms with van der Waals surface area (Å²) in [5, 5.41) is 11.2. The molecular weight excluding hydrogens is 294 g/mol. The Morgan fingerprint density at radius 1 is 1.14 bits per heavy atom. The van der Waals surface area contributed by atoms with Crippen LogP contribution in [-0.2, 0) is 14.3 Å². The van der Waals surface area contributed by atoms with E-state index in [4.69, 9.17) is 9.47 Å². The van der Waals surface area contributed by atoms with Gasteiger partial charge in [0.25, 0.3) is 5.69 Å². The molecule has 0 aliphatic rings. The van der Waals surface area contributed by atoms with Crippen LogP contribution in [0.4, 0.5) is 5.69 Å². The van der Waals surface area contributed by atoms with Gasteiger partial charge in [-0.25, -0.2) is 4.79 Å². The lowest BCUT2D eigenvalue weighted by atomic mass is 10.1. The van der Waals surface area contributed by atoms with Gasteiger partial charge < -0.3 is 14.2 Å². The van der Waals surface area contributed by atoms with E-state index < -0.39 is 16.7 Å². The lowest BCUT2D eigenvalue weighted by Crippen LogP contribution is -2.11. The van der Waals surface area contributed by atoms with Crippen molar-refractivity contribution in [2.75, 3.05) is 21.3 Å². The van der Waals surface area contributed by atoms with Gasteiger partial charge in [0.2, 0.25) is 0 Å². The molecule has 0 atom stereocenters. The second-order valence-corrected chi connectivity index (χ2v) is 4.13. The normalized spacial score (nSPS) is 10.8. The summed E-state index contributed by atoms with van der Waals surface area (Å²) in [5.41, 5.74) is -0.614. The molecule has 0 N–H and O–H groups in total. The summed E-state index contributed by atoms with van der Waals surface area (Å²) in [6, 6.07) is 2.46. The van der Waals surface area contributed by atoms with Crippen molar-refractivity contribution in [3.8, 4) is 11.5 Å². The number of benzene rings is 1. The zero-order valence-electron chi connectivity index (χ0n) is 12.5. The molecule has 0 heterocycles. The first-order valence-electron chi connectivity index (χ1n) is 6.07. The summed E-state index contributed by atoms with van der Waals surface area (Å²) >= 11 is 0. The van der Waals surface area contributed by atoms with Gasteiger partial charge in [-0.15, -0.1) is 0 Å². The molecule has 8 nitrogen and oxygen atoms in total. The van der Waals surface area contributed by atoms with Crippen molar-refractivity contribution in [3.05, 3.63) is 33.4 Å². The monoisotopic (exact) mass is 309 g/mol. The summed E-state index contributed by atoms with van der Waals surface area (Å²) in [6.07, 6.45) is 1.09. The maximum absolute atomic E-state index is 11.6. The molecule has 22 heavy (non-hydrogen) atoms. The van der Waals surface area contributed by atoms with Crippen molar-refractivity contribution >= 4 is 23.5 Å². The van der Waals surface area contributed by atoms with Crippen LogP contribution in [0.2, 0.25) is 0 Å². The Labute approximate surface area is 126 Å². The van der Waals surface area contributed by atoms with Gasteiger partial charge in [0.15, 0.2) is 17.3 Å². The minimum Gasteiger partial charge on any atom is -0.493 e. The third-order valence-corrected chi connectivity index (χ3v) is 2.81. The number of rotatable bonds is 6. The maximum atomic E-state index is 11.6. The predicted molar refractivity (Wildman–Crippen MR) is 76.9 cm³/mol. The zero-order chi connectivity index (χ0) is 16.9. The van der Waals surface area contributed by atoms with Crippen LogP contribution in [0.3, 0.4) is 0 Å². The molecule has 1 rings (SSSR count). The molecule has 0 unspecified atom stereocenters. The number of nitro groups is 1. The summed E-state index contributed by atoms with van der Waals surface area (Å²) in [6.45, 7) is 1.16. The van der Waals surface area contributed by atoms with Crippen molar-refractivity contribution in [3.63, 3.8) is 0 Å². The number of nitro benzene ring substituents is 1. The first kappa shape index (κ1) is 17.2. The third-order valence-electron chi connectivity index (χ3n) is 2.81. The average molecular weight is 309 g/mol. The second kappa shape index (κ2) is 7.21. The van der Waals surface area contributed by atoms with Gasteiger partial charge in [0.1, 0.15) is 5.57 Å². The van der Waals surface area contributed by atoms with Gasteiger partial charge in [0.05, 0.1) is 37.9 Å². The Balaban J connectivity index is 3.59. The molecular formula is C14H15NO7. The number of esters is 1. The van der Waals surface area contributed by atoms with Gasteiger partial charge in [-0.2, -0.15) is 0 Å². The van der Waals surface area contributed by atoms with E-state index in [1.54, 1.807) is 0 Å². The van der Waals surface area contributed by atoms with Crippen LogP contribution in [0, 0.1) is 10.1 Å². The van der Waals surface area contributed by atoms with E-state index in [-0.39, 0.29) is 28.3 Å². The van der Waals surface area contributed by atoms with Crippen LogP contribution in [0.15, 0.2) is 17.7 Å². The number of carbonyl (C=O) groups excluding carboxylic acids is 2. The largest absolute Gasteiger partial charge is 0.493 e. The maximum Gasteiger partial charge on any atom is 0.341 e. The molecule has 0 aromatic heterocycles. The zero-order valence-corrected chi connectivity index (χ0v) is 12.5. The number of nitrogens with zero attached hydrogens (tertiary/aromatic N) is 1. The molecule has 118 valence electrons. The molecule has 0 radical (unpaired) electrons. The molecule has 1 aromatic carbocycles. The van der Waals surface area contributed by atoms with E-state index in [2.05, 4.69) is 4.74 Å². The van der Waals surface area contributed by atoms with Gasteiger partial charge in [-0.1, -0.05) is 0 Å². The fourth-order valence-electron chi connectivity index (χ4n) is 1.73. The van der Waals surface area contributed by atoms with Crippen molar-refractivity contribution in [2.24, 2.45) is 0 Å². The lowest BCUT2D eigenvalue weighted by Gasteiger charge is -2.09. The van der Waals surface area contributed by atoms with E-state index in [0.29, 0.717) is 0 Å². The third kappa shape index (κ3) is 3.60. The van der Waals surface area contributed by atoms with E-state index in [9.17, 15) is 19.7 Å². The summed E-state index contributed by atoms with van der Waals surface area (Å²) < 4.78 is 14.6. The van der Waals surface area contributed by atoms with Crippen LogP contribution >= 0.6 is 0 Å². The smallest absolute Gasteiger partial charge is 0.341 e. The molecule has 0 amide bonds. The fraction of sp³-hybridized carbons (Fsp3) is 0.286. The fourth-order valence-corrected chi connectivity index (χ4v) is 1.73. The molecule has 0 bridgehead atoms. The first-order valence-corrected chi connectivity index (χ1v) is 6.07. The SMILES string of the molecule is COC(=O)/C(=C/c1cc(OC)c(OC)cc1[N+](=O)[O-])C(C)=O. The number of hydrogen-bond acceptors (Lipinski definition) is 7. The highest BCUT2D eigenvalue weighted by molar-refractivity contribution is 6.20. The molecule has 0 spiro atoms. The molecule has 0 aliphatic carbocycles. The standard InChI is InChI=1S/C14H15NO7/c1-8(16)10(14(17)22-4)5-9-6-12(20-2)13(21-3)7-11(9)15(18)19/h5-7H,1-4H3/b10-5+. The predicted octanol–water partition coefficient (Wildman–Crippen LogP) is 1.76. The summed E-state index contributed by atoms with van der Waals surface area (Å²) in [4.78, 5) is 33.6. The highest BCUT2D eigenvalue weighted by Gasteiger charge is 2.22. The van der Waals surface area contributed by atoms with E-state index in [0.717, 1.165) is 26.2 Å². The van der Waals surface area contributed by atoms with Crippen molar-refractivity contribution in [1.82, 2.24) is 0 Å². The average Bonchev–Trinajstić information content (AvgIpc) is 2.50. The van der Waals surface area contributed by atoms with Crippen LogP contribution in [0.25, 0.3) is 6.08 Å². The van der Waals surface area contributed by atoms with Crippen molar-refractivity contribution < 1.29 is 28.7 Å². The second-order valence-electron chi connectivity index (χ2n) is 4.13. The molecule has 0 fully saturated rings. The molecule has 0 saturated carbocycles. The Bertz CT molecular complexity index is 649. The van der Waals surface area contributed by atoms with Crippen LogP contribution in [-0.4, -0.2) is 38.0 Å². The highest BCUT2D eigenvalue weighted by atomic mass is 16.6. The van der Waals surface area contributed by atoms with E-state index in [1.165, 1.54) is 20.3 Å². The Morgan fingerprint density at radius 2 is 1.68 bits per heavy atom. The minimum absolute atomic E-state index is 0.0262. The number of Topliss-reactive ketones (excluding diaryl/α,β-unsaturated/α-hetero) is 1. The number of ketones is 1. The van der Waals surface area contributed by atoms with Crippen LogP contribution in [0.5, 0.6) is 11.5 Å². The topological polar surface area (TPSA) is 105 Å². The molecule has 0 saturated heterocycles. The molecule has 1 aromatic rings. The van der Waals surface area contributed by atoms with Crippen LogP contribution in [0.1, 0.15) is 12.5 Å². The van der Waals surface area contributed by atoms with Gasteiger partial charge in [-0.05, 0) is 19.1 Å². The van der Waals surface area contributed by atoms with Gasteiger partial charge in [-0.3, -0.25) is 14.9 Å². The van der Waals surface area contributed by atoms with E-state index >= 15 is 0 Å². The summed E-state index contributed by atoms with van der Waals surface area (Å²) in [5.74, 6) is -1.06. The van der Waals surface area contributed by atoms with Gasteiger partial charge >= 0.3 is 5.97 Å². The first-order chi connectivity index (χ1) is 10.3. The quantitative estimate of drug-likeness (QED) is 0.197. The Kier molecular flexibility index (Phi) is 5.62. The molecule has 0 aliphatic heterocycles. The van der Waals surface area contributed by atoms with Gasteiger partial charge in [0, 0.05) is 0 Å². The van der Waals surface area contributed by atoms with Crippen LogP contribution < -0.4 is 9.47 Å². The highest BCUT2D eigenvalue weighted by Crippen LogP contribution is 2.35. The number of methoxy groups -OCH3 is 3. The molecule has 8 heteroatoms. The Hall–Kier alpha value is -2.90. The Morgan fingerprint density at radius 3 is 2.09 bits per heavy atom. The van der Waals surface area contributed by atoms with Crippen molar-refractivity contribution in [2.45, 2.75) is 6.92 Å². The van der Waals surface area contributed by atoms with Crippen molar-refractivity contribution in [1.29, 1.82) is 0 Å². The summed E-state index contributed by atoms with van der Waals surface area (Å²) in [7, 11) is 3.82. The lowest BCUT2D eigenvalue weighted by molar-refractivity contribution is -0.385. The number of carbonyl (C=O) groups is 2.